The highest BCUT2D eigenvalue weighted by Gasteiger charge is 2.30. The lowest BCUT2D eigenvalue weighted by Crippen LogP contribution is -2.43. The molecule has 25 heavy (non-hydrogen) atoms. The van der Waals surface area contributed by atoms with E-state index < -0.39 is 0 Å². The Morgan fingerprint density at radius 1 is 1.32 bits per heavy atom. The Bertz CT molecular complexity index is 723. The van der Waals surface area contributed by atoms with Gasteiger partial charge in [-0.1, -0.05) is 18.2 Å². The summed E-state index contributed by atoms with van der Waals surface area (Å²) in [5.41, 5.74) is 1.74. The maximum atomic E-state index is 14.1. The highest BCUT2D eigenvalue weighted by atomic mass is 19.1. The first kappa shape index (κ1) is 17.6. The van der Waals surface area contributed by atoms with Crippen molar-refractivity contribution in [3.63, 3.8) is 0 Å². The molecule has 1 fully saturated rings. The quantitative estimate of drug-likeness (QED) is 0.903. The predicted molar refractivity (Wildman–Crippen MR) is 92.7 cm³/mol. The largest absolute Gasteiger partial charge is 0.381 e. The van der Waals surface area contributed by atoms with Crippen LogP contribution in [0.5, 0.6) is 0 Å². The number of amides is 1. The Balaban J connectivity index is 1.83. The van der Waals surface area contributed by atoms with Gasteiger partial charge in [-0.05, 0) is 44.7 Å². The minimum absolute atomic E-state index is 0.0714. The number of aromatic amines is 1. The van der Waals surface area contributed by atoms with Crippen LogP contribution in [0.4, 0.5) is 4.39 Å². The maximum Gasteiger partial charge on any atom is 0.272 e. The van der Waals surface area contributed by atoms with Crippen molar-refractivity contribution < 1.29 is 13.9 Å². The summed E-state index contributed by atoms with van der Waals surface area (Å²) in [6.45, 7) is 2.09. The van der Waals surface area contributed by atoms with E-state index in [1.165, 1.54) is 6.07 Å². The second kappa shape index (κ2) is 7.78. The van der Waals surface area contributed by atoms with E-state index >= 15 is 0 Å². The lowest BCUT2D eigenvalue weighted by atomic mass is 9.91. The zero-order valence-corrected chi connectivity index (χ0v) is 14.7. The lowest BCUT2D eigenvalue weighted by Gasteiger charge is -2.36. The fourth-order valence-corrected chi connectivity index (χ4v) is 3.46. The van der Waals surface area contributed by atoms with Crippen LogP contribution in [-0.2, 0) is 11.3 Å². The molecule has 3 rings (SSSR count). The van der Waals surface area contributed by atoms with E-state index in [4.69, 9.17) is 4.74 Å². The molecule has 1 heterocycles. The molecule has 0 aliphatic heterocycles. The van der Waals surface area contributed by atoms with Gasteiger partial charge in [0.1, 0.15) is 11.5 Å². The van der Waals surface area contributed by atoms with E-state index in [0.29, 0.717) is 11.3 Å². The second-order valence-electron chi connectivity index (χ2n) is 6.61. The fourth-order valence-electron chi connectivity index (χ4n) is 3.46. The van der Waals surface area contributed by atoms with Crippen molar-refractivity contribution in [1.82, 2.24) is 15.1 Å². The van der Waals surface area contributed by atoms with Gasteiger partial charge < -0.3 is 9.64 Å². The van der Waals surface area contributed by atoms with E-state index in [2.05, 4.69) is 10.2 Å². The van der Waals surface area contributed by atoms with E-state index in [9.17, 15) is 9.18 Å². The van der Waals surface area contributed by atoms with Crippen molar-refractivity contribution in [2.24, 2.45) is 0 Å². The van der Waals surface area contributed by atoms with Gasteiger partial charge in [-0.3, -0.25) is 9.89 Å². The van der Waals surface area contributed by atoms with Crippen LogP contribution in [0.2, 0.25) is 0 Å². The molecule has 1 amide bonds. The van der Waals surface area contributed by atoms with E-state index in [1.54, 1.807) is 36.3 Å². The number of aromatic nitrogens is 2. The predicted octanol–water partition coefficient (Wildman–Crippen LogP) is 3.46. The van der Waals surface area contributed by atoms with Crippen LogP contribution in [-0.4, -0.2) is 40.3 Å². The van der Waals surface area contributed by atoms with Crippen molar-refractivity contribution in [3.8, 4) is 0 Å². The number of benzene rings is 1. The van der Waals surface area contributed by atoms with Crippen LogP contribution in [0, 0.1) is 12.7 Å². The summed E-state index contributed by atoms with van der Waals surface area (Å²) in [6, 6.07) is 8.42. The Morgan fingerprint density at radius 2 is 2.04 bits per heavy atom. The number of hydrogen-bond donors (Lipinski definition) is 1. The molecule has 1 aliphatic carbocycles. The Labute approximate surface area is 147 Å². The third-order valence-electron chi connectivity index (χ3n) is 4.91. The number of aryl methyl sites for hydroxylation is 1. The molecule has 5 nitrogen and oxygen atoms in total. The number of methoxy groups -OCH3 is 1. The molecule has 0 unspecified atom stereocenters. The second-order valence-corrected chi connectivity index (χ2v) is 6.61. The summed E-state index contributed by atoms with van der Waals surface area (Å²) >= 11 is 0. The molecule has 134 valence electrons. The van der Waals surface area contributed by atoms with E-state index in [1.807, 2.05) is 6.92 Å². The molecule has 1 aromatic carbocycles. The average molecular weight is 345 g/mol. The first-order valence-corrected chi connectivity index (χ1v) is 8.67. The van der Waals surface area contributed by atoms with Crippen molar-refractivity contribution in [1.29, 1.82) is 0 Å². The van der Waals surface area contributed by atoms with Crippen molar-refractivity contribution >= 4 is 5.91 Å². The number of halogens is 1. The molecule has 0 saturated heterocycles. The fraction of sp³-hybridized carbons (Fsp3) is 0.474. The molecule has 6 heteroatoms. The summed E-state index contributed by atoms with van der Waals surface area (Å²) in [5, 5.41) is 6.83. The zero-order chi connectivity index (χ0) is 17.8. The maximum absolute atomic E-state index is 14.1. The number of hydrogen-bond acceptors (Lipinski definition) is 3. The third-order valence-corrected chi connectivity index (χ3v) is 4.91. The number of carbonyl (C=O) groups is 1. The number of rotatable bonds is 5. The first-order valence-electron chi connectivity index (χ1n) is 8.67. The summed E-state index contributed by atoms with van der Waals surface area (Å²) in [4.78, 5) is 14.8. The molecular weight excluding hydrogens is 321 g/mol. The molecule has 1 N–H and O–H groups in total. The molecule has 0 bridgehead atoms. The standard InChI is InChI=1S/C19H24FN3O2/c1-13-11-18(22-21-13)19(24)23(12-14-5-3-4-6-17(14)20)15-7-9-16(25-2)10-8-15/h3-6,11,15-16H,7-10,12H2,1-2H3,(H,21,22)/t15-,16-. The smallest absolute Gasteiger partial charge is 0.272 e. The van der Waals surface area contributed by atoms with Crippen molar-refractivity contribution in [3.05, 3.63) is 53.1 Å². The highest BCUT2D eigenvalue weighted by molar-refractivity contribution is 5.92. The Morgan fingerprint density at radius 3 is 2.64 bits per heavy atom. The first-order chi connectivity index (χ1) is 12.1. The van der Waals surface area contributed by atoms with Crippen LogP contribution in [0.25, 0.3) is 0 Å². The molecular formula is C19H24FN3O2. The number of ether oxygens (including phenoxy) is 1. The number of H-pyrrole nitrogens is 1. The molecule has 0 atom stereocenters. The summed E-state index contributed by atoms with van der Waals surface area (Å²) < 4.78 is 19.6. The minimum Gasteiger partial charge on any atom is -0.381 e. The van der Waals surface area contributed by atoms with Gasteiger partial charge in [-0.2, -0.15) is 5.10 Å². The zero-order valence-electron chi connectivity index (χ0n) is 14.7. The van der Waals surface area contributed by atoms with Gasteiger partial charge in [0.2, 0.25) is 0 Å². The average Bonchev–Trinajstić information content (AvgIpc) is 3.07. The SMILES string of the molecule is CO[C@H]1CC[C@H](N(Cc2ccccc2F)C(=O)c2cc(C)n[nH]2)CC1. The van der Waals surface area contributed by atoms with Crippen molar-refractivity contribution in [2.45, 2.75) is 51.3 Å². The number of carbonyl (C=O) groups excluding carboxylic acids is 1. The van der Waals surface area contributed by atoms with Gasteiger partial charge in [0.25, 0.3) is 5.91 Å². The highest BCUT2D eigenvalue weighted by Crippen LogP contribution is 2.27. The van der Waals surface area contributed by atoms with E-state index in [-0.39, 0.29) is 30.4 Å². The third kappa shape index (κ3) is 4.07. The molecule has 1 aromatic heterocycles. The van der Waals surface area contributed by atoms with Crippen LogP contribution in [0.1, 0.15) is 47.4 Å². The molecule has 1 aliphatic rings. The monoisotopic (exact) mass is 345 g/mol. The van der Waals surface area contributed by atoms with Gasteiger partial charge in [0.05, 0.1) is 11.8 Å². The molecule has 0 radical (unpaired) electrons. The van der Waals surface area contributed by atoms with Gasteiger partial charge in [-0.15, -0.1) is 0 Å². The molecule has 2 aromatic rings. The minimum atomic E-state index is -0.285. The lowest BCUT2D eigenvalue weighted by molar-refractivity contribution is 0.0308. The Kier molecular flexibility index (Phi) is 5.48. The summed E-state index contributed by atoms with van der Waals surface area (Å²) in [7, 11) is 1.72. The Hall–Kier alpha value is -2.21. The number of nitrogens with zero attached hydrogens (tertiary/aromatic N) is 2. The van der Waals surface area contributed by atoms with Crippen molar-refractivity contribution in [2.75, 3.05) is 7.11 Å². The van der Waals surface area contributed by atoms with Gasteiger partial charge in [-0.25, -0.2) is 4.39 Å². The van der Waals surface area contributed by atoms with Crippen LogP contribution in [0.15, 0.2) is 30.3 Å². The van der Waals surface area contributed by atoms with Crippen LogP contribution >= 0.6 is 0 Å². The molecule has 0 spiro atoms. The topological polar surface area (TPSA) is 58.2 Å². The summed E-state index contributed by atoms with van der Waals surface area (Å²) in [5.74, 6) is -0.420. The number of nitrogens with one attached hydrogen (secondary N) is 1. The van der Waals surface area contributed by atoms with Gasteiger partial charge in [0, 0.05) is 25.3 Å². The van der Waals surface area contributed by atoms with Crippen LogP contribution in [0.3, 0.4) is 0 Å². The van der Waals surface area contributed by atoms with Crippen LogP contribution < -0.4 is 0 Å². The van der Waals surface area contributed by atoms with Gasteiger partial charge in [0.15, 0.2) is 0 Å². The normalized spacial score (nSPS) is 20.4. The summed E-state index contributed by atoms with van der Waals surface area (Å²) in [6.07, 6.45) is 3.77. The van der Waals surface area contributed by atoms with Gasteiger partial charge >= 0.3 is 0 Å². The van der Waals surface area contributed by atoms with E-state index in [0.717, 1.165) is 31.4 Å². The molecule has 1 saturated carbocycles.